The van der Waals surface area contributed by atoms with E-state index in [-0.39, 0.29) is 5.91 Å². The number of nitrogens with one attached hydrogen (secondary N) is 1. The largest absolute Gasteiger partial charge is 0.399 e. The van der Waals surface area contributed by atoms with Gasteiger partial charge in [-0.15, -0.1) is 0 Å². The molecule has 19 heavy (non-hydrogen) atoms. The summed E-state index contributed by atoms with van der Waals surface area (Å²) in [5.41, 5.74) is 6.29. The first kappa shape index (κ1) is 13.9. The molecule has 1 aliphatic heterocycles. The van der Waals surface area contributed by atoms with Gasteiger partial charge in [-0.3, -0.25) is 4.79 Å². The molecule has 0 aromatic carbocycles. The highest BCUT2D eigenvalue weighted by Crippen LogP contribution is 2.23. The maximum absolute atomic E-state index is 12.0. The number of pyridine rings is 1. The summed E-state index contributed by atoms with van der Waals surface area (Å²) in [7, 11) is 0. The topological polar surface area (TPSA) is 80.5 Å². The molecule has 1 saturated heterocycles. The highest BCUT2D eigenvalue weighted by atomic mass is 35.5. The van der Waals surface area contributed by atoms with Crippen molar-refractivity contribution in [1.29, 1.82) is 0 Å². The van der Waals surface area contributed by atoms with Gasteiger partial charge in [0.05, 0.1) is 13.2 Å². The third-order valence-corrected chi connectivity index (χ3v) is 3.07. The number of halogens is 1. The number of amides is 1. The van der Waals surface area contributed by atoms with Crippen molar-refractivity contribution in [3.05, 3.63) is 17.3 Å². The maximum Gasteiger partial charge on any atom is 0.245 e. The van der Waals surface area contributed by atoms with Crippen LogP contribution in [-0.2, 0) is 9.53 Å². The molecule has 0 aliphatic carbocycles. The van der Waals surface area contributed by atoms with Gasteiger partial charge in [0.2, 0.25) is 5.91 Å². The molecule has 0 spiro atoms. The fraction of sp³-hybridized carbons (Fsp3) is 0.500. The molecule has 0 radical (unpaired) electrons. The van der Waals surface area contributed by atoms with E-state index in [1.165, 1.54) is 0 Å². The molecule has 3 N–H and O–H groups in total. The molecule has 1 atom stereocenters. The first-order chi connectivity index (χ1) is 9.11. The number of carbonyl (C=O) groups is 1. The van der Waals surface area contributed by atoms with E-state index in [1.807, 2.05) is 11.8 Å². The van der Waals surface area contributed by atoms with Crippen LogP contribution >= 0.6 is 11.6 Å². The lowest BCUT2D eigenvalue weighted by Crippen LogP contribution is -2.54. The van der Waals surface area contributed by atoms with E-state index >= 15 is 0 Å². The summed E-state index contributed by atoms with van der Waals surface area (Å²) in [4.78, 5) is 18.1. The van der Waals surface area contributed by atoms with E-state index in [2.05, 4.69) is 10.3 Å². The molecule has 1 aromatic rings. The number of ether oxygens (including phenoxy) is 1. The van der Waals surface area contributed by atoms with Crippen LogP contribution in [-0.4, -0.2) is 43.2 Å². The van der Waals surface area contributed by atoms with Crippen LogP contribution in [0.1, 0.15) is 6.92 Å². The van der Waals surface area contributed by atoms with Gasteiger partial charge in [0.15, 0.2) is 0 Å². The maximum atomic E-state index is 12.0. The SMILES string of the molecule is CCNC(=O)C1COCCN1c1cc(N)cc(Cl)n1. The Labute approximate surface area is 116 Å². The van der Waals surface area contributed by atoms with Gasteiger partial charge < -0.3 is 20.7 Å². The van der Waals surface area contributed by atoms with Crippen molar-refractivity contribution >= 4 is 29.0 Å². The summed E-state index contributed by atoms with van der Waals surface area (Å²) < 4.78 is 5.37. The Balaban J connectivity index is 2.25. The van der Waals surface area contributed by atoms with Crippen molar-refractivity contribution in [1.82, 2.24) is 10.3 Å². The minimum absolute atomic E-state index is 0.0810. The van der Waals surface area contributed by atoms with Crippen molar-refractivity contribution < 1.29 is 9.53 Å². The zero-order valence-electron chi connectivity index (χ0n) is 10.7. The van der Waals surface area contributed by atoms with Crippen molar-refractivity contribution in [3.63, 3.8) is 0 Å². The number of aromatic nitrogens is 1. The molecular formula is C12H17ClN4O2. The summed E-state index contributed by atoms with van der Waals surface area (Å²) >= 11 is 5.91. The summed E-state index contributed by atoms with van der Waals surface area (Å²) in [6.07, 6.45) is 0. The lowest BCUT2D eigenvalue weighted by atomic mass is 10.2. The number of anilines is 2. The normalized spacial score (nSPS) is 19.3. The van der Waals surface area contributed by atoms with Gasteiger partial charge in [-0.05, 0) is 13.0 Å². The van der Waals surface area contributed by atoms with Crippen molar-refractivity contribution in [2.75, 3.05) is 36.9 Å². The molecule has 1 aromatic heterocycles. The Morgan fingerprint density at radius 1 is 1.68 bits per heavy atom. The third-order valence-electron chi connectivity index (χ3n) is 2.88. The predicted octanol–water partition coefficient (Wildman–Crippen LogP) is 0.658. The fourth-order valence-corrected chi connectivity index (χ4v) is 2.25. The summed E-state index contributed by atoms with van der Waals surface area (Å²) in [5, 5.41) is 3.11. The van der Waals surface area contributed by atoms with Crippen molar-refractivity contribution in [2.45, 2.75) is 13.0 Å². The van der Waals surface area contributed by atoms with Gasteiger partial charge in [0.1, 0.15) is 17.0 Å². The zero-order chi connectivity index (χ0) is 13.8. The first-order valence-electron chi connectivity index (χ1n) is 6.17. The average molecular weight is 285 g/mol. The van der Waals surface area contributed by atoms with Gasteiger partial charge >= 0.3 is 0 Å². The van der Waals surface area contributed by atoms with Crippen LogP contribution in [0.25, 0.3) is 0 Å². The first-order valence-corrected chi connectivity index (χ1v) is 6.54. The lowest BCUT2D eigenvalue weighted by Gasteiger charge is -2.35. The standard InChI is InChI=1S/C12H17ClN4O2/c1-2-15-12(18)9-7-19-4-3-17(9)11-6-8(14)5-10(13)16-11/h5-6,9H,2-4,7H2,1H3,(H2,14,16)(H,15,18). The number of morpholine rings is 1. The fourth-order valence-electron chi connectivity index (χ4n) is 2.04. The number of hydrogen-bond acceptors (Lipinski definition) is 5. The second kappa shape index (κ2) is 6.08. The smallest absolute Gasteiger partial charge is 0.245 e. The number of carbonyl (C=O) groups excluding carboxylic acids is 1. The van der Waals surface area contributed by atoms with Crippen LogP contribution in [0.5, 0.6) is 0 Å². The average Bonchev–Trinajstić information content (AvgIpc) is 2.38. The zero-order valence-corrected chi connectivity index (χ0v) is 11.5. The summed E-state index contributed by atoms with van der Waals surface area (Å²) in [6.45, 7) is 3.91. The third kappa shape index (κ3) is 3.27. The second-order valence-electron chi connectivity index (χ2n) is 4.26. The van der Waals surface area contributed by atoms with E-state index in [9.17, 15) is 4.79 Å². The quantitative estimate of drug-likeness (QED) is 0.797. The van der Waals surface area contributed by atoms with Gasteiger partial charge in [-0.1, -0.05) is 11.6 Å². The molecule has 0 bridgehead atoms. The highest BCUT2D eigenvalue weighted by Gasteiger charge is 2.30. The van der Waals surface area contributed by atoms with Crippen molar-refractivity contribution in [2.24, 2.45) is 0 Å². The predicted molar refractivity (Wildman–Crippen MR) is 74.3 cm³/mol. The number of hydrogen-bond donors (Lipinski definition) is 2. The van der Waals surface area contributed by atoms with E-state index in [0.717, 1.165) is 0 Å². The molecule has 0 saturated carbocycles. The van der Waals surface area contributed by atoms with Crippen molar-refractivity contribution in [3.8, 4) is 0 Å². The molecule has 1 unspecified atom stereocenters. The van der Waals surface area contributed by atoms with Gasteiger partial charge in [0.25, 0.3) is 0 Å². The number of nitrogens with zero attached hydrogens (tertiary/aromatic N) is 2. The summed E-state index contributed by atoms with van der Waals surface area (Å²) in [6, 6.07) is 2.88. The molecular weight excluding hydrogens is 268 g/mol. The Hall–Kier alpha value is -1.53. The molecule has 1 amide bonds. The van der Waals surface area contributed by atoms with Crippen LogP contribution in [0.2, 0.25) is 5.15 Å². The monoisotopic (exact) mass is 284 g/mol. The minimum atomic E-state index is -0.404. The van der Waals surface area contributed by atoms with Crippen LogP contribution in [0.3, 0.4) is 0 Å². The molecule has 6 nitrogen and oxygen atoms in total. The van der Waals surface area contributed by atoms with E-state index < -0.39 is 6.04 Å². The molecule has 7 heteroatoms. The van der Waals surface area contributed by atoms with Crippen LogP contribution in [0.15, 0.2) is 12.1 Å². The molecule has 2 heterocycles. The van der Waals surface area contributed by atoms with E-state index in [1.54, 1.807) is 12.1 Å². The van der Waals surface area contributed by atoms with Gasteiger partial charge in [-0.2, -0.15) is 0 Å². The van der Waals surface area contributed by atoms with Crippen LogP contribution < -0.4 is 16.0 Å². The molecule has 104 valence electrons. The van der Waals surface area contributed by atoms with Crippen LogP contribution in [0, 0.1) is 0 Å². The van der Waals surface area contributed by atoms with Crippen LogP contribution in [0.4, 0.5) is 11.5 Å². The number of rotatable bonds is 3. The number of nitrogens with two attached hydrogens (primary N) is 1. The Kier molecular flexibility index (Phi) is 4.44. The van der Waals surface area contributed by atoms with Gasteiger partial charge in [0, 0.05) is 24.8 Å². The van der Waals surface area contributed by atoms with E-state index in [0.29, 0.717) is 43.0 Å². The van der Waals surface area contributed by atoms with E-state index in [4.69, 9.17) is 22.1 Å². The van der Waals surface area contributed by atoms with Gasteiger partial charge in [-0.25, -0.2) is 4.98 Å². The molecule has 2 rings (SSSR count). The number of nitrogen functional groups attached to an aromatic ring is 1. The summed E-state index contributed by atoms with van der Waals surface area (Å²) in [5.74, 6) is 0.520. The second-order valence-corrected chi connectivity index (χ2v) is 4.65. The number of likely N-dealkylation sites (N-methyl/N-ethyl adjacent to an activating group) is 1. The Morgan fingerprint density at radius 2 is 2.47 bits per heavy atom. The lowest BCUT2D eigenvalue weighted by molar-refractivity contribution is -0.124. The Morgan fingerprint density at radius 3 is 3.16 bits per heavy atom. The minimum Gasteiger partial charge on any atom is -0.399 e. The highest BCUT2D eigenvalue weighted by molar-refractivity contribution is 6.29. The molecule has 1 fully saturated rings. The molecule has 1 aliphatic rings. The Bertz CT molecular complexity index is 449.